The van der Waals surface area contributed by atoms with Crippen molar-refractivity contribution in [3.8, 4) is 5.75 Å². The summed E-state index contributed by atoms with van der Waals surface area (Å²) in [5.41, 5.74) is 5.63. The molecule has 0 bridgehead atoms. The van der Waals surface area contributed by atoms with Crippen molar-refractivity contribution in [2.45, 2.75) is 6.54 Å². The minimum Gasteiger partial charge on any atom is -0.508 e. The fourth-order valence-corrected chi connectivity index (χ4v) is 2.17. The molecule has 0 aliphatic heterocycles. The molecular weight excluding hydrogens is 346 g/mol. The van der Waals surface area contributed by atoms with Gasteiger partial charge in [0.1, 0.15) is 22.9 Å². The molecule has 0 saturated heterocycles. The van der Waals surface area contributed by atoms with E-state index >= 15 is 0 Å². The van der Waals surface area contributed by atoms with Crippen molar-refractivity contribution < 1.29 is 18.7 Å². The number of benzene rings is 2. The van der Waals surface area contributed by atoms with Crippen LogP contribution in [-0.4, -0.2) is 11.0 Å². The second-order valence-corrected chi connectivity index (χ2v) is 5.23. The molecule has 0 aromatic heterocycles. The lowest BCUT2D eigenvalue weighted by molar-refractivity contribution is 0.0942. The molecule has 7 heteroatoms. The smallest absolute Gasteiger partial charge is 0.257 e. The Bertz CT molecular complexity index is 684. The number of nitrogens with two attached hydrogens (primary N) is 1. The zero-order valence-electron chi connectivity index (χ0n) is 10.7. The van der Waals surface area contributed by atoms with Crippen molar-refractivity contribution in [3.05, 3.63) is 57.6 Å². The maximum atomic E-state index is 13.6. The molecule has 0 aliphatic rings. The standard InChI is InChI=1S/C14H11BrF2N2O2/c15-8-4-10(16)13(11(17)5-8)14(21)19-6-7-3-9(18)1-2-12(7)20/h1-5,20H,6,18H2,(H,19,21). The number of rotatable bonds is 3. The van der Waals surface area contributed by atoms with Crippen LogP contribution >= 0.6 is 15.9 Å². The number of nitrogens with one attached hydrogen (secondary N) is 1. The average molecular weight is 357 g/mol. The van der Waals surface area contributed by atoms with Gasteiger partial charge in [0.15, 0.2) is 0 Å². The first-order valence-electron chi connectivity index (χ1n) is 5.88. The lowest BCUT2D eigenvalue weighted by Gasteiger charge is -2.09. The highest BCUT2D eigenvalue weighted by atomic mass is 79.9. The van der Waals surface area contributed by atoms with Gasteiger partial charge in [0.05, 0.1) is 0 Å². The van der Waals surface area contributed by atoms with E-state index in [-0.39, 0.29) is 16.8 Å². The van der Waals surface area contributed by atoms with Gasteiger partial charge in [0, 0.05) is 22.3 Å². The Morgan fingerprint density at radius 2 is 1.86 bits per heavy atom. The van der Waals surface area contributed by atoms with Gasteiger partial charge >= 0.3 is 0 Å². The molecule has 0 saturated carbocycles. The summed E-state index contributed by atoms with van der Waals surface area (Å²) < 4.78 is 27.5. The molecule has 21 heavy (non-hydrogen) atoms. The number of phenols is 1. The number of phenolic OH excluding ortho intramolecular Hbond substituents is 1. The Morgan fingerprint density at radius 3 is 2.48 bits per heavy atom. The monoisotopic (exact) mass is 356 g/mol. The van der Waals surface area contributed by atoms with Crippen LogP contribution < -0.4 is 11.1 Å². The van der Waals surface area contributed by atoms with E-state index in [2.05, 4.69) is 21.2 Å². The predicted octanol–water partition coefficient (Wildman–Crippen LogP) is 2.95. The second kappa shape index (κ2) is 6.09. The van der Waals surface area contributed by atoms with Gasteiger partial charge in [-0.3, -0.25) is 4.79 Å². The maximum Gasteiger partial charge on any atom is 0.257 e. The number of carbonyl (C=O) groups is 1. The fraction of sp³-hybridized carbons (Fsp3) is 0.0714. The average Bonchev–Trinajstić information content (AvgIpc) is 2.38. The Hall–Kier alpha value is -2.15. The summed E-state index contributed by atoms with van der Waals surface area (Å²) >= 11 is 2.93. The highest BCUT2D eigenvalue weighted by Crippen LogP contribution is 2.21. The Morgan fingerprint density at radius 1 is 1.24 bits per heavy atom. The van der Waals surface area contributed by atoms with Crippen LogP contribution in [0.3, 0.4) is 0 Å². The Balaban J connectivity index is 2.18. The van der Waals surface area contributed by atoms with Crippen molar-refractivity contribution in [1.29, 1.82) is 0 Å². The van der Waals surface area contributed by atoms with E-state index in [9.17, 15) is 18.7 Å². The van der Waals surface area contributed by atoms with Gasteiger partial charge < -0.3 is 16.2 Å². The zero-order valence-corrected chi connectivity index (χ0v) is 12.2. The minimum absolute atomic E-state index is 0.0683. The summed E-state index contributed by atoms with van der Waals surface area (Å²) in [7, 11) is 0. The van der Waals surface area contributed by atoms with Crippen molar-refractivity contribution in [1.82, 2.24) is 5.32 Å². The third kappa shape index (κ3) is 3.49. The first kappa shape index (κ1) is 15.2. The summed E-state index contributed by atoms with van der Waals surface area (Å²) in [6.07, 6.45) is 0. The summed E-state index contributed by atoms with van der Waals surface area (Å²) in [6, 6.07) is 6.32. The first-order chi connectivity index (χ1) is 9.88. The Labute approximate surface area is 127 Å². The molecular formula is C14H11BrF2N2O2. The second-order valence-electron chi connectivity index (χ2n) is 4.32. The van der Waals surface area contributed by atoms with Gasteiger partial charge in [-0.1, -0.05) is 15.9 Å². The van der Waals surface area contributed by atoms with Crippen LogP contribution in [-0.2, 0) is 6.54 Å². The number of carbonyl (C=O) groups excluding carboxylic acids is 1. The molecule has 0 fully saturated rings. The van der Waals surface area contributed by atoms with Crippen molar-refractivity contribution in [2.24, 2.45) is 0 Å². The number of amides is 1. The van der Waals surface area contributed by atoms with Crippen LogP contribution in [0, 0.1) is 11.6 Å². The minimum atomic E-state index is -0.976. The number of aromatic hydroxyl groups is 1. The highest BCUT2D eigenvalue weighted by molar-refractivity contribution is 9.10. The Kier molecular flexibility index (Phi) is 4.42. The van der Waals surface area contributed by atoms with Gasteiger partial charge in [-0.25, -0.2) is 8.78 Å². The molecule has 0 aliphatic carbocycles. The van der Waals surface area contributed by atoms with E-state index in [1.54, 1.807) is 0 Å². The van der Waals surface area contributed by atoms with E-state index in [1.165, 1.54) is 18.2 Å². The molecule has 1 amide bonds. The zero-order chi connectivity index (χ0) is 15.6. The van der Waals surface area contributed by atoms with E-state index in [0.29, 0.717) is 11.3 Å². The molecule has 2 aromatic carbocycles. The number of anilines is 1. The van der Waals surface area contributed by atoms with E-state index in [0.717, 1.165) is 12.1 Å². The SMILES string of the molecule is Nc1ccc(O)c(CNC(=O)c2c(F)cc(Br)cc2F)c1. The lowest BCUT2D eigenvalue weighted by Crippen LogP contribution is -2.25. The third-order valence-electron chi connectivity index (χ3n) is 2.78. The molecule has 0 spiro atoms. The maximum absolute atomic E-state index is 13.6. The van der Waals surface area contributed by atoms with Crippen LogP contribution in [0.5, 0.6) is 5.75 Å². The van der Waals surface area contributed by atoms with Gasteiger partial charge in [-0.05, 0) is 30.3 Å². The number of hydrogen-bond acceptors (Lipinski definition) is 3. The van der Waals surface area contributed by atoms with Crippen LogP contribution in [0.4, 0.5) is 14.5 Å². The lowest BCUT2D eigenvalue weighted by atomic mass is 10.1. The first-order valence-corrected chi connectivity index (χ1v) is 6.68. The van der Waals surface area contributed by atoms with Crippen molar-refractivity contribution in [2.75, 3.05) is 5.73 Å². The molecule has 2 aromatic rings. The normalized spacial score (nSPS) is 10.4. The van der Waals surface area contributed by atoms with Crippen molar-refractivity contribution >= 4 is 27.5 Å². The molecule has 0 heterocycles. The number of nitrogen functional groups attached to an aromatic ring is 1. The predicted molar refractivity (Wildman–Crippen MR) is 77.7 cm³/mol. The van der Waals surface area contributed by atoms with E-state index in [1.807, 2.05) is 0 Å². The third-order valence-corrected chi connectivity index (χ3v) is 3.23. The van der Waals surface area contributed by atoms with Gasteiger partial charge in [-0.15, -0.1) is 0 Å². The molecule has 0 atom stereocenters. The molecule has 0 unspecified atom stereocenters. The van der Waals surface area contributed by atoms with E-state index in [4.69, 9.17) is 5.73 Å². The van der Waals surface area contributed by atoms with Crippen LogP contribution in [0.15, 0.2) is 34.8 Å². The molecule has 4 N–H and O–H groups in total. The van der Waals surface area contributed by atoms with Gasteiger partial charge in [0.25, 0.3) is 5.91 Å². The van der Waals surface area contributed by atoms with Crippen molar-refractivity contribution in [3.63, 3.8) is 0 Å². The highest BCUT2D eigenvalue weighted by Gasteiger charge is 2.18. The fourth-order valence-electron chi connectivity index (χ4n) is 1.77. The van der Waals surface area contributed by atoms with E-state index < -0.39 is 23.1 Å². The quantitative estimate of drug-likeness (QED) is 0.584. The van der Waals surface area contributed by atoms with Gasteiger partial charge in [-0.2, -0.15) is 0 Å². The molecule has 2 rings (SSSR count). The van der Waals surface area contributed by atoms with Crippen LogP contribution in [0.1, 0.15) is 15.9 Å². The molecule has 4 nitrogen and oxygen atoms in total. The summed E-state index contributed by atoms with van der Waals surface area (Å²) in [5, 5.41) is 11.9. The summed E-state index contributed by atoms with van der Waals surface area (Å²) in [6.45, 7) is -0.106. The molecule has 0 radical (unpaired) electrons. The number of hydrogen-bond donors (Lipinski definition) is 3. The number of halogens is 3. The van der Waals surface area contributed by atoms with Gasteiger partial charge in [0.2, 0.25) is 0 Å². The topological polar surface area (TPSA) is 75.3 Å². The van der Waals surface area contributed by atoms with Crippen LogP contribution in [0.25, 0.3) is 0 Å². The molecule has 110 valence electrons. The summed E-state index contributed by atoms with van der Waals surface area (Å²) in [5.74, 6) is -2.94. The van der Waals surface area contributed by atoms with Crippen LogP contribution in [0.2, 0.25) is 0 Å². The largest absolute Gasteiger partial charge is 0.508 e. The summed E-state index contributed by atoms with van der Waals surface area (Å²) in [4.78, 5) is 11.8.